The summed E-state index contributed by atoms with van der Waals surface area (Å²) < 4.78 is 47.2. The Kier molecular flexibility index (Phi) is 5.30. The normalized spacial score (nSPS) is 12.5. The fourth-order valence-corrected chi connectivity index (χ4v) is 3.02. The van der Waals surface area contributed by atoms with Crippen LogP contribution in [0.4, 0.5) is 0 Å². The number of aryl methyl sites for hydroxylation is 1. The predicted molar refractivity (Wildman–Crippen MR) is 71.6 cm³/mol. The first-order valence-corrected chi connectivity index (χ1v) is 9.19. The van der Waals surface area contributed by atoms with E-state index in [1.54, 1.807) is 0 Å². The number of nitrogens with one attached hydrogen (secondary N) is 1. The van der Waals surface area contributed by atoms with Crippen molar-refractivity contribution in [2.75, 3.05) is 24.3 Å². The highest BCUT2D eigenvalue weighted by molar-refractivity contribution is 7.91. The molecule has 0 heterocycles. The van der Waals surface area contributed by atoms with Gasteiger partial charge in [0.15, 0.2) is 0 Å². The molecule has 0 aliphatic rings. The molecular formula is C11H17NO4S2. The summed E-state index contributed by atoms with van der Waals surface area (Å²) in [4.78, 5) is 0. The Morgan fingerprint density at radius 1 is 1.00 bits per heavy atom. The molecule has 0 bridgehead atoms. The van der Waals surface area contributed by atoms with E-state index < -0.39 is 19.9 Å². The standard InChI is InChI=1S/C11H17NO4S2/c1-17(13,14)10-8-12-18(15,16)9-7-11-5-3-2-4-6-11/h2-6,12H,7-10H2,1H3. The van der Waals surface area contributed by atoms with Gasteiger partial charge in [0, 0.05) is 12.8 Å². The molecule has 1 N–H and O–H groups in total. The lowest BCUT2D eigenvalue weighted by atomic mass is 10.2. The fraction of sp³-hybridized carbons (Fsp3) is 0.455. The minimum absolute atomic E-state index is 0.0409. The Bertz CT molecular complexity index is 564. The van der Waals surface area contributed by atoms with Gasteiger partial charge in [-0.15, -0.1) is 0 Å². The molecule has 0 aromatic heterocycles. The molecule has 0 saturated carbocycles. The van der Waals surface area contributed by atoms with Crippen molar-refractivity contribution in [2.24, 2.45) is 0 Å². The molecule has 0 aliphatic heterocycles. The second-order valence-corrected chi connectivity index (χ2v) is 8.26. The van der Waals surface area contributed by atoms with Crippen LogP contribution in [0.15, 0.2) is 30.3 Å². The van der Waals surface area contributed by atoms with Crippen LogP contribution in [0, 0.1) is 0 Å². The van der Waals surface area contributed by atoms with E-state index in [4.69, 9.17) is 0 Å². The third-order valence-electron chi connectivity index (χ3n) is 2.30. The van der Waals surface area contributed by atoms with E-state index in [0.29, 0.717) is 6.42 Å². The topological polar surface area (TPSA) is 80.3 Å². The summed E-state index contributed by atoms with van der Waals surface area (Å²) in [6.07, 6.45) is 1.49. The monoisotopic (exact) mass is 291 g/mol. The largest absolute Gasteiger partial charge is 0.229 e. The summed E-state index contributed by atoms with van der Waals surface area (Å²) in [5, 5.41) is 0. The van der Waals surface area contributed by atoms with E-state index >= 15 is 0 Å². The van der Waals surface area contributed by atoms with Gasteiger partial charge in [-0.1, -0.05) is 30.3 Å². The molecule has 0 aliphatic carbocycles. The molecule has 1 aromatic rings. The van der Waals surface area contributed by atoms with Crippen molar-refractivity contribution in [1.82, 2.24) is 4.72 Å². The minimum atomic E-state index is -3.42. The highest BCUT2D eigenvalue weighted by Gasteiger charge is 2.11. The van der Waals surface area contributed by atoms with Crippen LogP contribution in [0.3, 0.4) is 0 Å². The molecule has 1 rings (SSSR count). The van der Waals surface area contributed by atoms with Crippen LogP contribution < -0.4 is 4.72 Å². The molecule has 5 nitrogen and oxygen atoms in total. The summed E-state index contributed by atoms with van der Waals surface area (Å²) in [7, 11) is -6.56. The predicted octanol–water partition coefficient (Wildman–Crippen LogP) is 0.193. The van der Waals surface area contributed by atoms with Crippen LogP contribution in [0.1, 0.15) is 5.56 Å². The number of rotatable bonds is 7. The highest BCUT2D eigenvalue weighted by Crippen LogP contribution is 2.01. The van der Waals surface area contributed by atoms with Crippen molar-refractivity contribution in [3.63, 3.8) is 0 Å². The van der Waals surface area contributed by atoms with Crippen molar-refractivity contribution >= 4 is 19.9 Å². The molecule has 0 amide bonds. The summed E-state index contributed by atoms with van der Waals surface area (Å²) in [5.74, 6) is -0.224. The Morgan fingerprint density at radius 3 is 2.17 bits per heavy atom. The van der Waals surface area contributed by atoms with Crippen molar-refractivity contribution in [1.29, 1.82) is 0 Å². The third-order valence-corrected chi connectivity index (χ3v) is 4.63. The highest BCUT2D eigenvalue weighted by atomic mass is 32.2. The zero-order valence-corrected chi connectivity index (χ0v) is 11.8. The molecule has 7 heteroatoms. The van der Waals surface area contributed by atoms with Crippen molar-refractivity contribution in [2.45, 2.75) is 6.42 Å². The Hall–Kier alpha value is -0.920. The molecule has 0 unspecified atom stereocenters. The van der Waals surface area contributed by atoms with Crippen LogP contribution >= 0.6 is 0 Å². The fourth-order valence-electron chi connectivity index (χ4n) is 1.35. The van der Waals surface area contributed by atoms with Crippen LogP contribution in [0.2, 0.25) is 0 Å². The van der Waals surface area contributed by atoms with Gasteiger partial charge in [0.25, 0.3) is 0 Å². The van der Waals surface area contributed by atoms with Crippen molar-refractivity contribution in [3.8, 4) is 0 Å². The average molecular weight is 291 g/mol. The van der Waals surface area contributed by atoms with Gasteiger partial charge in [-0.2, -0.15) is 0 Å². The third kappa shape index (κ3) is 6.73. The lowest BCUT2D eigenvalue weighted by Gasteiger charge is -2.06. The van der Waals surface area contributed by atoms with Gasteiger partial charge >= 0.3 is 0 Å². The van der Waals surface area contributed by atoms with E-state index in [2.05, 4.69) is 4.72 Å². The summed E-state index contributed by atoms with van der Waals surface area (Å²) >= 11 is 0. The molecule has 102 valence electrons. The maximum atomic E-state index is 11.6. The molecule has 0 spiro atoms. The van der Waals surface area contributed by atoms with Gasteiger partial charge in [-0.3, -0.25) is 0 Å². The first kappa shape index (κ1) is 15.1. The number of hydrogen-bond donors (Lipinski definition) is 1. The van der Waals surface area contributed by atoms with Gasteiger partial charge in [0.1, 0.15) is 9.84 Å². The second-order valence-electron chi connectivity index (χ2n) is 4.08. The lowest BCUT2D eigenvalue weighted by Crippen LogP contribution is -2.31. The van der Waals surface area contributed by atoms with Crippen LogP contribution in [0.5, 0.6) is 0 Å². The molecule has 0 radical (unpaired) electrons. The van der Waals surface area contributed by atoms with Gasteiger partial charge in [-0.25, -0.2) is 21.6 Å². The number of hydrogen-bond acceptors (Lipinski definition) is 4. The smallest absolute Gasteiger partial charge is 0.211 e. The SMILES string of the molecule is CS(=O)(=O)CCNS(=O)(=O)CCc1ccccc1. The van der Waals surface area contributed by atoms with Gasteiger partial charge in [0.2, 0.25) is 10.0 Å². The Labute approximate surface area is 108 Å². The van der Waals surface area contributed by atoms with E-state index in [-0.39, 0.29) is 18.1 Å². The van der Waals surface area contributed by atoms with E-state index in [1.807, 2.05) is 30.3 Å². The molecular weight excluding hydrogens is 274 g/mol. The zero-order valence-electron chi connectivity index (χ0n) is 10.2. The number of sulfone groups is 1. The second kappa shape index (κ2) is 6.31. The van der Waals surface area contributed by atoms with Crippen LogP contribution in [-0.2, 0) is 26.3 Å². The molecule has 0 atom stereocenters. The zero-order chi connectivity index (χ0) is 13.6. The maximum Gasteiger partial charge on any atom is 0.211 e. The average Bonchev–Trinajstić information content (AvgIpc) is 2.26. The first-order chi connectivity index (χ1) is 8.29. The maximum absolute atomic E-state index is 11.6. The van der Waals surface area contributed by atoms with Crippen LogP contribution in [0.25, 0.3) is 0 Å². The molecule has 0 fully saturated rings. The van der Waals surface area contributed by atoms with E-state index in [1.165, 1.54) is 0 Å². The van der Waals surface area contributed by atoms with Gasteiger partial charge < -0.3 is 0 Å². The number of benzene rings is 1. The van der Waals surface area contributed by atoms with Crippen molar-refractivity contribution in [3.05, 3.63) is 35.9 Å². The summed E-state index contributed by atoms with van der Waals surface area (Å²) in [6, 6.07) is 9.26. The lowest BCUT2D eigenvalue weighted by molar-refractivity contribution is 0.581. The quantitative estimate of drug-likeness (QED) is 0.778. The van der Waals surface area contributed by atoms with Crippen molar-refractivity contribution < 1.29 is 16.8 Å². The summed E-state index contributed by atoms with van der Waals surface area (Å²) in [5.41, 5.74) is 0.936. The van der Waals surface area contributed by atoms with Gasteiger partial charge in [0.05, 0.1) is 11.5 Å². The minimum Gasteiger partial charge on any atom is -0.229 e. The van der Waals surface area contributed by atoms with E-state index in [9.17, 15) is 16.8 Å². The molecule has 1 aromatic carbocycles. The first-order valence-electron chi connectivity index (χ1n) is 5.47. The van der Waals surface area contributed by atoms with Crippen LogP contribution in [-0.4, -0.2) is 41.1 Å². The van der Waals surface area contributed by atoms with Gasteiger partial charge in [-0.05, 0) is 12.0 Å². The molecule has 18 heavy (non-hydrogen) atoms. The Morgan fingerprint density at radius 2 is 1.61 bits per heavy atom. The summed E-state index contributed by atoms with van der Waals surface area (Å²) in [6.45, 7) is -0.0735. The van der Waals surface area contributed by atoms with E-state index in [0.717, 1.165) is 11.8 Å². The molecule has 0 saturated heterocycles. The Balaban J connectivity index is 2.41. The number of sulfonamides is 1.